The fraction of sp³-hybridized carbons (Fsp3) is 1.00. The highest BCUT2D eigenvalue weighted by Gasteiger charge is 2.34. The molecule has 0 spiro atoms. The van der Waals surface area contributed by atoms with Gasteiger partial charge in [-0.15, -0.1) is 0 Å². The Morgan fingerprint density at radius 1 is 1.11 bits per heavy atom. The maximum atomic E-state index is 5.77. The Balaban J connectivity index is 1.87. The summed E-state index contributed by atoms with van der Waals surface area (Å²) in [6.07, 6.45) is 7.07. The van der Waals surface area contributed by atoms with E-state index in [1.54, 1.807) is 0 Å². The number of nitrogens with zero attached hydrogens (tertiary/aromatic N) is 1. The molecule has 1 N–H and O–H groups in total. The average Bonchev–Trinajstić information content (AvgIpc) is 2.42. The predicted octanol–water partition coefficient (Wildman–Crippen LogP) is 2.65. The van der Waals surface area contributed by atoms with Gasteiger partial charge in [0.2, 0.25) is 0 Å². The van der Waals surface area contributed by atoms with Crippen molar-refractivity contribution in [1.29, 1.82) is 0 Å². The van der Waals surface area contributed by atoms with Gasteiger partial charge in [-0.2, -0.15) is 0 Å². The van der Waals surface area contributed by atoms with Gasteiger partial charge in [0, 0.05) is 31.8 Å². The van der Waals surface area contributed by atoms with Gasteiger partial charge < -0.3 is 10.1 Å². The molecule has 1 heterocycles. The van der Waals surface area contributed by atoms with Gasteiger partial charge in [0.1, 0.15) is 0 Å². The van der Waals surface area contributed by atoms with Crippen LogP contribution in [0.4, 0.5) is 0 Å². The fourth-order valence-electron chi connectivity index (χ4n) is 3.86. The third kappa shape index (κ3) is 4.17. The van der Waals surface area contributed by atoms with Crippen molar-refractivity contribution in [3.8, 4) is 0 Å². The molecule has 2 rings (SSSR count). The smallest absolute Gasteiger partial charge is 0.0599 e. The van der Waals surface area contributed by atoms with Crippen molar-refractivity contribution in [3.05, 3.63) is 0 Å². The van der Waals surface area contributed by atoms with Crippen molar-refractivity contribution in [2.45, 2.75) is 71.1 Å². The van der Waals surface area contributed by atoms with Crippen LogP contribution >= 0.6 is 0 Å². The van der Waals surface area contributed by atoms with Crippen molar-refractivity contribution in [1.82, 2.24) is 10.2 Å². The SMILES string of the molecule is CCNC1CCC(C)CC1N1CCC(OCC)CC1. The lowest BCUT2D eigenvalue weighted by Crippen LogP contribution is -2.55. The number of likely N-dealkylation sites (tertiary alicyclic amines) is 1. The van der Waals surface area contributed by atoms with E-state index < -0.39 is 0 Å². The van der Waals surface area contributed by atoms with Crippen molar-refractivity contribution in [2.75, 3.05) is 26.2 Å². The Labute approximate surface area is 119 Å². The van der Waals surface area contributed by atoms with Crippen LogP contribution in [0.5, 0.6) is 0 Å². The molecule has 1 aliphatic carbocycles. The first-order valence-electron chi connectivity index (χ1n) is 8.33. The summed E-state index contributed by atoms with van der Waals surface area (Å²) in [5.41, 5.74) is 0. The van der Waals surface area contributed by atoms with Gasteiger partial charge in [0.05, 0.1) is 6.10 Å². The molecule has 0 aromatic rings. The largest absolute Gasteiger partial charge is 0.378 e. The highest BCUT2D eigenvalue weighted by molar-refractivity contribution is 4.92. The van der Waals surface area contributed by atoms with E-state index in [4.69, 9.17) is 4.74 Å². The number of nitrogens with one attached hydrogen (secondary N) is 1. The maximum Gasteiger partial charge on any atom is 0.0599 e. The van der Waals surface area contributed by atoms with Crippen LogP contribution in [0, 0.1) is 5.92 Å². The minimum Gasteiger partial charge on any atom is -0.378 e. The number of piperidine rings is 1. The summed E-state index contributed by atoms with van der Waals surface area (Å²) in [4.78, 5) is 2.73. The summed E-state index contributed by atoms with van der Waals surface area (Å²) in [5.74, 6) is 0.893. The van der Waals surface area contributed by atoms with Crippen LogP contribution < -0.4 is 5.32 Å². The summed E-state index contributed by atoms with van der Waals surface area (Å²) in [6.45, 7) is 11.2. The van der Waals surface area contributed by atoms with Crippen molar-refractivity contribution in [2.24, 2.45) is 5.92 Å². The lowest BCUT2D eigenvalue weighted by molar-refractivity contribution is -0.00881. The molecule has 3 atom stereocenters. The zero-order valence-corrected chi connectivity index (χ0v) is 13.0. The Morgan fingerprint density at radius 3 is 2.47 bits per heavy atom. The minimum absolute atomic E-state index is 0.514. The lowest BCUT2D eigenvalue weighted by Gasteiger charge is -2.45. The highest BCUT2D eigenvalue weighted by Crippen LogP contribution is 2.30. The van der Waals surface area contributed by atoms with Crippen molar-refractivity contribution < 1.29 is 4.74 Å². The molecule has 3 nitrogen and oxygen atoms in total. The van der Waals surface area contributed by atoms with Crippen LogP contribution in [0.2, 0.25) is 0 Å². The number of likely N-dealkylation sites (N-methyl/N-ethyl adjacent to an activating group) is 1. The molecule has 0 radical (unpaired) electrons. The molecule has 3 heteroatoms. The lowest BCUT2D eigenvalue weighted by atomic mass is 9.81. The highest BCUT2D eigenvalue weighted by atomic mass is 16.5. The summed E-state index contributed by atoms with van der Waals surface area (Å²) in [5, 5.41) is 3.72. The van der Waals surface area contributed by atoms with E-state index in [1.807, 2.05) is 0 Å². The first-order valence-corrected chi connectivity index (χ1v) is 8.33. The Kier molecular flexibility index (Phi) is 6.11. The van der Waals surface area contributed by atoms with Gasteiger partial charge in [-0.1, -0.05) is 13.8 Å². The molecular weight excluding hydrogens is 236 g/mol. The number of hydrogen-bond donors (Lipinski definition) is 1. The molecule has 1 saturated heterocycles. The minimum atomic E-state index is 0.514. The molecule has 2 fully saturated rings. The van der Waals surface area contributed by atoms with Crippen LogP contribution in [0.25, 0.3) is 0 Å². The molecule has 0 aromatic carbocycles. The summed E-state index contributed by atoms with van der Waals surface area (Å²) in [6, 6.07) is 1.47. The van der Waals surface area contributed by atoms with E-state index in [9.17, 15) is 0 Å². The van der Waals surface area contributed by atoms with Gasteiger partial charge in [-0.05, 0) is 51.5 Å². The quantitative estimate of drug-likeness (QED) is 0.829. The zero-order chi connectivity index (χ0) is 13.7. The number of hydrogen-bond acceptors (Lipinski definition) is 3. The zero-order valence-electron chi connectivity index (χ0n) is 13.0. The molecule has 2 aliphatic rings. The van der Waals surface area contributed by atoms with E-state index in [0.29, 0.717) is 12.1 Å². The second kappa shape index (κ2) is 7.61. The van der Waals surface area contributed by atoms with Gasteiger partial charge in [0.15, 0.2) is 0 Å². The number of rotatable bonds is 5. The van der Waals surface area contributed by atoms with Crippen LogP contribution in [-0.2, 0) is 4.74 Å². The standard InChI is InChI=1S/C16H32N2O/c1-4-17-15-7-6-13(3)12-16(15)18-10-8-14(9-11-18)19-5-2/h13-17H,4-12H2,1-3H3. The summed E-state index contributed by atoms with van der Waals surface area (Å²) >= 11 is 0. The molecule has 3 unspecified atom stereocenters. The topological polar surface area (TPSA) is 24.5 Å². The van der Waals surface area contributed by atoms with Gasteiger partial charge in [-0.3, -0.25) is 4.90 Å². The molecule has 0 bridgehead atoms. The van der Waals surface area contributed by atoms with Crippen LogP contribution in [0.15, 0.2) is 0 Å². The van der Waals surface area contributed by atoms with Crippen LogP contribution in [0.1, 0.15) is 52.9 Å². The Morgan fingerprint density at radius 2 is 1.84 bits per heavy atom. The van der Waals surface area contributed by atoms with E-state index >= 15 is 0 Å². The van der Waals surface area contributed by atoms with Gasteiger partial charge >= 0.3 is 0 Å². The van der Waals surface area contributed by atoms with Crippen LogP contribution in [-0.4, -0.2) is 49.3 Å². The monoisotopic (exact) mass is 268 g/mol. The van der Waals surface area contributed by atoms with Gasteiger partial charge in [0.25, 0.3) is 0 Å². The molecule has 0 aromatic heterocycles. The van der Waals surface area contributed by atoms with E-state index in [1.165, 1.54) is 45.2 Å². The maximum absolute atomic E-state index is 5.77. The Hall–Kier alpha value is -0.120. The number of ether oxygens (including phenoxy) is 1. The summed E-state index contributed by atoms with van der Waals surface area (Å²) < 4.78 is 5.77. The fourth-order valence-corrected chi connectivity index (χ4v) is 3.86. The van der Waals surface area contributed by atoms with Crippen LogP contribution in [0.3, 0.4) is 0 Å². The molecule has 19 heavy (non-hydrogen) atoms. The molecule has 112 valence electrons. The second-order valence-corrected chi connectivity index (χ2v) is 6.34. The average molecular weight is 268 g/mol. The van der Waals surface area contributed by atoms with E-state index in [2.05, 4.69) is 31.0 Å². The molecule has 0 amide bonds. The van der Waals surface area contributed by atoms with E-state index in [0.717, 1.165) is 25.1 Å². The Bertz CT molecular complexity index is 251. The second-order valence-electron chi connectivity index (χ2n) is 6.34. The first kappa shape index (κ1) is 15.3. The van der Waals surface area contributed by atoms with Crippen molar-refractivity contribution >= 4 is 0 Å². The van der Waals surface area contributed by atoms with E-state index in [-0.39, 0.29) is 0 Å². The van der Waals surface area contributed by atoms with Gasteiger partial charge in [-0.25, -0.2) is 0 Å². The first-order chi connectivity index (χ1) is 9.24. The molecule has 1 aliphatic heterocycles. The predicted molar refractivity (Wildman–Crippen MR) is 80.5 cm³/mol. The third-order valence-corrected chi connectivity index (χ3v) is 4.89. The third-order valence-electron chi connectivity index (χ3n) is 4.89. The molecular formula is C16H32N2O. The molecule has 1 saturated carbocycles. The van der Waals surface area contributed by atoms with Crippen molar-refractivity contribution in [3.63, 3.8) is 0 Å². The normalized spacial score (nSPS) is 34.6. The summed E-state index contributed by atoms with van der Waals surface area (Å²) in [7, 11) is 0.